The van der Waals surface area contributed by atoms with Crippen LogP contribution in [-0.4, -0.2) is 38.4 Å². The van der Waals surface area contributed by atoms with E-state index in [2.05, 4.69) is 15.3 Å². The van der Waals surface area contributed by atoms with Gasteiger partial charge in [-0.15, -0.1) is 10.2 Å². The highest BCUT2D eigenvalue weighted by Gasteiger charge is 2.09. The quantitative estimate of drug-likeness (QED) is 0.674. The van der Waals surface area contributed by atoms with Crippen molar-refractivity contribution in [2.24, 2.45) is 5.10 Å². The topological polar surface area (TPSA) is 97.4 Å². The van der Waals surface area contributed by atoms with E-state index in [0.717, 1.165) is 4.68 Å². The van der Waals surface area contributed by atoms with Gasteiger partial charge in [-0.1, -0.05) is 30.0 Å². The maximum atomic E-state index is 12.0. The van der Waals surface area contributed by atoms with Crippen LogP contribution in [0.5, 0.6) is 0 Å². The van der Waals surface area contributed by atoms with Gasteiger partial charge in [0.2, 0.25) is 5.16 Å². The average Bonchev–Trinajstić information content (AvgIpc) is 2.49. The molecule has 2 aromatic rings. The van der Waals surface area contributed by atoms with E-state index in [-0.39, 0.29) is 11.3 Å². The first-order chi connectivity index (χ1) is 10.0. The minimum absolute atomic E-state index is 0.110. The SMILES string of the molecule is CSc1nnc(C)c(=O)n1/N=C\c1ccccc1C(=O)O. The van der Waals surface area contributed by atoms with Crippen LogP contribution in [-0.2, 0) is 0 Å². The second kappa shape index (κ2) is 6.31. The Morgan fingerprint density at radius 2 is 2.10 bits per heavy atom. The normalized spacial score (nSPS) is 11.0. The summed E-state index contributed by atoms with van der Waals surface area (Å²) in [4.78, 5) is 23.1. The van der Waals surface area contributed by atoms with Crippen LogP contribution in [0.25, 0.3) is 0 Å². The molecule has 0 aliphatic rings. The van der Waals surface area contributed by atoms with E-state index in [4.69, 9.17) is 5.11 Å². The fourth-order valence-corrected chi connectivity index (χ4v) is 2.02. The number of aromatic carboxylic acids is 1. The van der Waals surface area contributed by atoms with E-state index in [0.29, 0.717) is 10.7 Å². The van der Waals surface area contributed by atoms with E-state index < -0.39 is 11.5 Å². The summed E-state index contributed by atoms with van der Waals surface area (Å²) in [5, 5.41) is 21.1. The van der Waals surface area contributed by atoms with Crippen LogP contribution in [0.1, 0.15) is 21.6 Å². The number of hydrogen-bond donors (Lipinski definition) is 1. The number of carboxylic acids is 1. The van der Waals surface area contributed by atoms with Crippen molar-refractivity contribution in [3.63, 3.8) is 0 Å². The predicted octanol–water partition coefficient (Wildman–Crippen LogP) is 1.25. The first-order valence-electron chi connectivity index (χ1n) is 5.91. The summed E-state index contributed by atoms with van der Waals surface area (Å²) in [6, 6.07) is 6.40. The fourth-order valence-electron chi connectivity index (χ4n) is 1.60. The molecule has 2 rings (SSSR count). The summed E-state index contributed by atoms with van der Waals surface area (Å²) < 4.78 is 1.10. The van der Waals surface area contributed by atoms with Gasteiger partial charge >= 0.3 is 5.97 Å². The van der Waals surface area contributed by atoms with Crippen molar-refractivity contribution in [2.45, 2.75) is 12.1 Å². The van der Waals surface area contributed by atoms with Crippen LogP contribution in [0.3, 0.4) is 0 Å². The molecule has 8 heteroatoms. The molecule has 0 aliphatic heterocycles. The second-order valence-corrected chi connectivity index (χ2v) is 4.80. The Morgan fingerprint density at radius 1 is 1.38 bits per heavy atom. The molecule has 0 saturated carbocycles. The fraction of sp³-hybridized carbons (Fsp3) is 0.154. The number of carboxylic acid groups (broad SMARTS) is 1. The zero-order valence-electron chi connectivity index (χ0n) is 11.3. The standard InChI is InChI=1S/C13H12N4O3S/c1-8-11(18)17(13(21-2)16-15-8)14-7-9-5-3-4-6-10(9)12(19)20/h3-7H,1-2H3,(H,19,20)/b14-7-. The molecule has 0 fully saturated rings. The van der Waals surface area contributed by atoms with Crippen LogP contribution in [0, 0.1) is 6.92 Å². The van der Waals surface area contributed by atoms with Gasteiger partial charge in [-0.3, -0.25) is 4.79 Å². The summed E-state index contributed by atoms with van der Waals surface area (Å²) in [5.41, 5.74) is 0.340. The number of aryl methyl sites for hydroxylation is 1. The van der Waals surface area contributed by atoms with Crippen molar-refractivity contribution < 1.29 is 9.90 Å². The molecule has 108 valence electrons. The molecule has 0 unspecified atom stereocenters. The summed E-state index contributed by atoms with van der Waals surface area (Å²) in [5.74, 6) is -1.06. The minimum Gasteiger partial charge on any atom is -0.478 e. The Morgan fingerprint density at radius 3 is 2.76 bits per heavy atom. The lowest BCUT2D eigenvalue weighted by Gasteiger charge is -2.04. The van der Waals surface area contributed by atoms with Gasteiger partial charge in [-0.25, -0.2) is 4.79 Å². The number of aromatic nitrogens is 3. The Hall–Kier alpha value is -2.48. The summed E-state index contributed by atoms with van der Waals surface area (Å²) in [6.07, 6.45) is 3.07. The van der Waals surface area contributed by atoms with Crippen LogP contribution < -0.4 is 5.56 Å². The van der Waals surface area contributed by atoms with Gasteiger partial charge < -0.3 is 5.11 Å². The second-order valence-electron chi connectivity index (χ2n) is 4.03. The highest BCUT2D eigenvalue weighted by atomic mass is 32.2. The molecular formula is C13H12N4O3S. The molecule has 0 spiro atoms. The van der Waals surface area contributed by atoms with Gasteiger partial charge in [0.1, 0.15) is 5.69 Å². The van der Waals surface area contributed by atoms with Crippen molar-refractivity contribution in [1.82, 2.24) is 14.9 Å². The Bertz CT molecular complexity index is 770. The third kappa shape index (κ3) is 3.16. The summed E-state index contributed by atoms with van der Waals surface area (Å²) in [6.45, 7) is 1.54. The number of carbonyl (C=O) groups is 1. The van der Waals surface area contributed by atoms with Crippen LogP contribution >= 0.6 is 11.8 Å². The summed E-state index contributed by atoms with van der Waals surface area (Å²) in [7, 11) is 0. The molecule has 21 heavy (non-hydrogen) atoms. The third-order valence-electron chi connectivity index (χ3n) is 2.65. The van der Waals surface area contributed by atoms with Gasteiger partial charge in [0, 0.05) is 5.56 Å². The lowest BCUT2D eigenvalue weighted by molar-refractivity contribution is 0.0697. The predicted molar refractivity (Wildman–Crippen MR) is 79.2 cm³/mol. The van der Waals surface area contributed by atoms with Crippen molar-refractivity contribution in [3.05, 3.63) is 51.4 Å². The largest absolute Gasteiger partial charge is 0.478 e. The molecular weight excluding hydrogens is 292 g/mol. The number of benzene rings is 1. The van der Waals surface area contributed by atoms with Crippen LogP contribution in [0.4, 0.5) is 0 Å². The Labute approximate surface area is 124 Å². The number of hydrogen-bond acceptors (Lipinski definition) is 6. The molecule has 0 atom stereocenters. The molecule has 0 saturated heterocycles. The number of nitrogens with zero attached hydrogens (tertiary/aromatic N) is 4. The number of thioether (sulfide) groups is 1. The molecule has 7 nitrogen and oxygen atoms in total. The van der Waals surface area contributed by atoms with Gasteiger partial charge in [0.25, 0.3) is 5.56 Å². The average molecular weight is 304 g/mol. The third-order valence-corrected chi connectivity index (χ3v) is 3.27. The van der Waals surface area contributed by atoms with Gasteiger partial charge in [0.05, 0.1) is 11.8 Å². The maximum Gasteiger partial charge on any atom is 0.336 e. The van der Waals surface area contributed by atoms with Crippen molar-refractivity contribution in [2.75, 3.05) is 6.26 Å². The zero-order valence-corrected chi connectivity index (χ0v) is 12.2. The Balaban J connectivity index is 2.50. The van der Waals surface area contributed by atoms with Crippen LogP contribution in [0.15, 0.2) is 39.3 Å². The number of rotatable bonds is 4. The van der Waals surface area contributed by atoms with Crippen molar-refractivity contribution in [3.8, 4) is 0 Å². The molecule has 1 heterocycles. The molecule has 1 aromatic heterocycles. The highest BCUT2D eigenvalue weighted by Crippen LogP contribution is 2.09. The van der Waals surface area contributed by atoms with Gasteiger partial charge in [-0.05, 0) is 19.2 Å². The minimum atomic E-state index is -1.06. The summed E-state index contributed by atoms with van der Waals surface area (Å²) >= 11 is 1.22. The Kier molecular flexibility index (Phi) is 4.49. The lowest BCUT2D eigenvalue weighted by atomic mass is 10.1. The van der Waals surface area contributed by atoms with E-state index in [9.17, 15) is 9.59 Å². The molecule has 0 bridgehead atoms. The molecule has 1 N–H and O–H groups in total. The van der Waals surface area contributed by atoms with Gasteiger partial charge in [-0.2, -0.15) is 9.78 Å². The molecule has 0 amide bonds. The molecule has 1 aromatic carbocycles. The smallest absolute Gasteiger partial charge is 0.336 e. The first-order valence-corrected chi connectivity index (χ1v) is 7.14. The van der Waals surface area contributed by atoms with Gasteiger partial charge in [0.15, 0.2) is 0 Å². The molecule has 0 aliphatic carbocycles. The van der Waals surface area contributed by atoms with E-state index >= 15 is 0 Å². The monoisotopic (exact) mass is 304 g/mol. The van der Waals surface area contributed by atoms with E-state index in [1.165, 1.54) is 31.0 Å². The van der Waals surface area contributed by atoms with E-state index in [1.54, 1.807) is 24.5 Å². The van der Waals surface area contributed by atoms with Crippen LogP contribution in [0.2, 0.25) is 0 Å². The highest BCUT2D eigenvalue weighted by molar-refractivity contribution is 7.98. The van der Waals surface area contributed by atoms with Crippen molar-refractivity contribution >= 4 is 23.9 Å². The zero-order chi connectivity index (χ0) is 15.4. The van der Waals surface area contributed by atoms with Crippen molar-refractivity contribution in [1.29, 1.82) is 0 Å². The first kappa shape index (κ1) is 14.9. The molecule has 0 radical (unpaired) electrons. The van der Waals surface area contributed by atoms with E-state index in [1.807, 2.05) is 0 Å². The lowest BCUT2D eigenvalue weighted by Crippen LogP contribution is -2.23. The maximum absolute atomic E-state index is 12.0.